The van der Waals surface area contributed by atoms with E-state index >= 15 is 0 Å². The number of non-ortho nitro benzene ring substituents is 2. The fourth-order valence-corrected chi connectivity index (χ4v) is 2.63. The Kier molecular flexibility index (Phi) is 6.64. The largest absolute Gasteiger partial charge is 0.447 e. The highest BCUT2D eigenvalue weighted by molar-refractivity contribution is 5.73. The number of nitrogens with zero attached hydrogens (tertiary/aromatic N) is 3. The summed E-state index contributed by atoms with van der Waals surface area (Å²) in [6, 6.07) is 10.1. The zero-order chi connectivity index (χ0) is 20.8. The van der Waals surface area contributed by atoms with Crippen LogP contribution in [0.3, 0.4) is 0 Å². The molecule has 2 aromatic rings. The van der Waals surface area contributed by atoms with E-state index in [1.54, 1.807) is 26.8 Å². The molecule has 0 aliphatic carbocycles. The van der Waals surface area contributed by atoms with Gasteiger partial charge in [0.25, 0.3) is 11.4 Å². The predicted octanol–water partition coefficient (Wildman–Crippen LogP) is 4.54. The van der Waals surface area contributed by atoms with Gasteiger partial charge < -0.3 is 9.64 Å². The minimum absolute atomic E-state index is 0.0774. The molecular weight excluding hydrogens is 366 g/mol. The van der Waals surface area contributed by atoms with E-state index in [-0.39, 0.29) is 24.0 Å². The molecule has 0 atom stereocenters. The summed E-state index contributed by atoms with van der Waals surface area (Å²) in [5.41, 5.74) is 1.59. The van der Waals surface area contributed by atoms with E-state index < -0.39 is 15.9 Å². The number of hydrogen-bond donors (Lipinski definition) is 0. The van der Waals surface area contributed by atoms with Crippen molar-refractivity contribution >= 4 is 17.5 Å². The lowest BCUT2D eigenvalue weighted by molar-refractivity contribution is -0.384. The van der Waals surface area contributed by atoms with Crippen LogP contribution < -0.4 is 0 Å². The minimum atomic E-state index is -0.515. The Bertz CT molecular complexity index is 880. The Morgan fingerprint density at radius 1 is 1.04 bits per heavy atom. The van der Waals surface area contributed by atoms with Crippen molar-refractivity contribution in [1.82, 2.24) is 4.90 Å². The molecule has 2 rings (SSSR count). The quantitative estimate of drug-likeness (QED) is 0.509. The number of carbonyl (C=O) groups excluding carboxylic acids is 1. The second kappa shape index (κ2) is 8.94. The fourth-order valence-electron chi connectivity index (χ4n) is 2.63. The third-order valence-electron chi connectivity index (χ3n) is 4.03. The predicted molar refractivity (Wildman–Crippen MR) is 103 cm³/mol. The van der Waals surface area contributed by atoms with Gasteiger partial charge >= 0.3 is 6.09 Å². The first-order chi connectivity index (χ1) is 13.2. The van der Waals surface area contributed by atoms with Crippen molar-refractivity contribution in [1.29, 1.82) is 0 Å². The van der Waals surface area contributed by atoms with E-state index in [4.69, 9.17) is 4.74 Å². The normalized spacial score (nSPS) is 10.6. The molecule has 0 N–H and O–H groups in total. The summed E-state index contributed by atoms with van der Waals surface area (Å²) in [5.74, 6) is 0. The van der Waals surface area contributed by atoms with Crippen LogP contribution in [0, 0.1) is 20.2 Å². The molecule has 0 heterocycles. The number of carbonyl (C=O) groups is 1. The van der Waals surface area contributed by atoms with Crippen LogP contribution in [0.2, 0.25) is 0 Å². The summed E-state index contributed by atoms with van der Waals surface area (Å²) in [4.78, 5) is 34.8. The van der Waals surface area contributed by atoms with E-state index in [9.17, 15) is 25.0 Å². The summed E-state index contributed by atoms with van der Waals surface area (Å²) < 4.78 is 5.23. The molecule has 0 unspecified atom stereocenters. The van der Waals surface area contributed by atoms with E-state index in [1.807, 2.05) is 0 Å². The average Bonchev–Trinajstić information content (AvgIpc) is 2.65. The maximum atomic E-state index is 12.3. The molecule has 0 saturated carbocycles. The zero-order valence-electron chi connectivity index (χ0n) is 15.8. The Balaban J connectivity index is 2.44. The third-order valence-corrected chi connectivity index (χ3v) is 4.03. The summed E-state index contributed by atoms with van der Waals surface area (Å²) in [6.07, 6.45) is -0.752. The lowest BCUT2D eigenvalue weighted by Gasteiger charge is -2.23. The summed E-state index contributed by atoms with van der Waals surface area (Å²) in [7, 11) is 0. The molecule has 28 heavy (non-hydrogen) atoms. The van der Waals surface area contributed by atoms with Gasteiger partial charge in [0, 0.05) is 37.4 Å². The summed E-state index contributed by atoms with van der Waals surface area (Å²) in [5, 5.41) is 22.0. The Morgan fingerprint density at radius 3 is 2.11 bits per heavy atom. The van der Waals surface area contributed by atoms with Gasteiger partial charge in [-0.1, -0.05) is 0 Å². The maximum absolute atomic E-state index is 12.3. The molecule has 9 heteroatoms. The first kappa shape index (κ1) is 20.8. The second-order valence-corrected chi connectivity index (χ2v) is 6.35. The highest BCUT2D eigenvalue weighted by Crippen LogP contribution is 2.30. The SMILES string of the molecule is CCN(Cc1ccc([N+](=O)[O-])cc1-c1ccc([N+](=O)[O-])cc1)C(=O)OC(C)C. The van der Waals surface area contributed by atoms with Gasteiger partial charge in [0.15, 0.2) is 0 Å². The van der Waals surface area contributed by atoms with Crippen LogP contribution in [0.1, 0.15) is 26.3 Å². The molecule has 148 valence electrons. The maximum Gasteiger partial charge on any atom is 0.410 e. The number of nitro groups is 2. The molecule has 0 radical (unpaired) electrons. The van der Waals surface area contributed by atoms with Crippen molar-refractivity contribution in [2.24, 2.45) is 0 Å². The zero-order valence-corrected chi connectivity index (χ0v) is 15.8. The Morgan fingerprint density at radius 2 is 1.61 bits per heavy atom. The lowest BCUT2D eigenvalue weighted by Crippen LogP contribution is -2.32. The number of rotatable bonds is 7. The molecule has 0 fully saturated rings. The molecular formula is C19H21N3O6. The molecule has 0 aliphatic rings. The van der Waals surface area contributed by atoms with Crippen LogP contribution in [0.4, 0.5) is 16.2 Å². The fraction of sp³-hybridized carbons (Fsp3) is 0.316. The first-order valence-corrected chi connectivity index (χ1v) is 8.70. The molecule has 2 aromatic carbocycles. The number of hydrogen-bond acceptors (Lipinski definition) is 6. The first-order valence-electron chi connectivity index (χ1n) is 8.70. The molecule has 0 aliphatic heterocycles. The van der Waals surface area contributed by atoms with Gasteiger partial charge in [0.2, 0.25) is 0 Å². The van der Waals surface area contributed by atoms with E-state index in [0.29, 0.717) is 23.2 Å². The average molecular weight is 387 g/mol. The summed E-state index contributed by atoms with van der Waals surface area (Å²) in [6.45, 7) is 5.88. The van der Waals surface area contributed by atoms with Gasteiger partial charge in [-0.25, -0.2) is 4.79 Å². The minimum Gasteiger partial charge on any atom is -0.447 e. The van der Waals surface area contributed by atoms with Crippen molar-refractivity contribution in [2.45, 2.75) is 33.4 Å². The molecule has 0 aromatic heterocycles. The van der Waals surface area contributed by atoms with Crippen molar-refractivity contribution in [3.05, 3.63) is 68.3 Å². The molecule has 9 nitrogen and oxygen atoms in total. The third kappa shape index (κ3) is 5.03. The van der Waals surface area contributed by atoms with Gasteiger partial charge in [-0.2, -0.15) is 0 Å². The second-order valence-electron chi connectivity index (χ2n) is 6.35. The van der Waals surface area contributed by atoms with Crippen molar-refractivity contribution in [2.75, 3.05) is 6.54 Å². The number of benzene rings is 2. The topological polar surface area (TPSA) is 116 Å². The van der Waals surface area contributed by atoms with Gasteiger partial charge in [-0.3, -0.25) is 20.2 Å². The van der Waals surface area contributed by atoms with E-state index in [2.05, 4.69) is 0 Å². The van der Waals surface area contributed by atoms with Gasteiger partial charge in [0.05, 0.1) is 16.0 Å². The van der Waals surface area contributed by atoms with Gasteiger partial charge in [0.1, 0.15) is 0 Å². The highest BCUT2D eigenvalue weighted by Gasteiger charge is 2.19. The van der Waals surface area contributed by atoms with Crippen molar-refractivity contribution < 1.29 is 19.4 Å². The Hall–Kier alpha value is -3.49. The standard InChI is InChI=1S/C19H21N3O6/c1-4-20(19(23)28-13(2)3)12-15-7-10-17(22(26)27)11-18(15)14-5-8-16(9-6-14)21(24)25/h5-11,13H,4,12H2,1-3H3. The van der Waals surface area contributed by atoms with Gasteiger partial charge in [-0.15, -0.1) is 0 Å². The van der Waals surface area contributed by atoms with Crippen molar-refractivity contribution in [3.8, 4) is 11.1 Å². The molecule has 1 amide bonds. The van der Waals surface area contributed by atoms with Crippen LogP contribution in [0.15, 0.2) is 42.5 Å². The highest BCUT2D eigenvalue weighted by atomic mass is 16.6. The lowest BCUT2D eigenvalue weighted by atomic mass is 9.98. The van der Waals surface area contributed by atoms with E-state index in [1.165, 1.54) is 41.3 Å². The number of ether oxygens (including phenoxy) is 1. The van der Waals surface area contributed by atoms with E-state index in [0.717, 1.165) is 0 Å². The smallest absolute Gasteiger partial charge is 0.410 e. The Labute approximate surface area is 161 Å². The number of amides is 1. The van der Waals surface area contributed by atoms with Gasteiger partial charge in [-0.05, 0) is 55.7 Å². The molecule has 0 bridgehead atoms. The van der Waals surface area contributed by atoms with Crippen LogP contribution in [0.25, 0.3) is 11.1 Å². The summed E-state index contributed by atoms with van der Waals surface area (Å²) >= 11 is 0. The van der Waals surface area contributed by atoms with Crippen molar-refractivity contribution in [3.63, 3.8) is 0 Å². The molecule has 0 saturated heterocycles. The van der Waals surface area contributed by atoms with Crippen LogP contribution in [-0.2, 0) is 11.3 Å². The molecule has 0 spiro atoms. The number of nitro benzene ring substituents is 2. The van der Waals surface area contributed by atoms with Crippen LogP contribution >= 0.6 is 0 Å². The monoisotopic (exact) mass is 387 g/mol. The van der Waals surface area contributed by atoms with Crippen LogP contribution in [0.5, 0.6) is 0 Å². The van der Waals surface area contributed by atoms with Crippen LogP contribution in [-0.4, -0.2) is 33.5 Å².